The Kier molecular flexibility index (Phi) is 5.43. The van der Waals surface area contributed by atoms with Gasteiger partial charge in [0.05, 0.1) is 11.6 Å². The number of amides is 1. The molecule has 0 aliphatic heterocycles. The maximum atomic E-state index is 12.5. The van der Waals surface area contributed by atoms with E-state index in [0.29, 0.717) is 23.8 Å². The van der Waals surface area contributed by atoms with E-state index in [0.717, 1.165) is 16.8 Å². The number of benzene rings is 2. The van der Waals surface area contributed by atoms with Gasteiger partial charge in [0, 0.05) is 18.3 Å². The first kappa shape index (κ1) is 18.1. The lowest BCUT2D eigenvalue weighted by molar-refractivity contribution is 0.0945. The smallest absolute Gasteiger partial charge is 0.270 e. The van der Waals surface area contributed by atoms with Gasteiger partial charge in [0.2, 0.25) is 0 Å². The molecule has 0 fully saturated rings. The Bertz CT molecular complexity index is 1020. The Hall–Kier alpha value is -3.72. The molecule has 2 aromatic carbocycles. The van der Waals surface area contributed by atoms with Crippen molar-refractivity contribution in [2.24, 2.45) is 0 Å². The highest BCUT2D eigenvalue weighted by atomic mass is 16.1. The second-order valence-corrected chi connectivity index (χ2v) is 6.11. The summed E-state index contributed by atoms with van der Waals surface area (Å²) in [4.78, 5) is 21.1. The van der Waals surface area contributed by atoms with Crippen molar-refractivity contribution < 1.29 is 4.79 Å². The largest absolute Gasteiger partial charge is 0.347 e. The van der Waals surface area contributed by atoms with Crippen molar-refractivity contribution in [2.75, 3.05) is 5.32 Å². The zero-order valence-electron chi connectivity index (χ0n) is 15.2. The standard InChI is InChI=1S/C21H19N5O/c1-14-6-3-4-8-17(14)13-23-21(27)19-11-20(25-15(2)24-19)26-18-9-5-7-16(10-18)12-22/h3-11H,13H2,1-2H3,(H,23,27)(H,24,25,26). The summed E-state index contributed by atoms with van der Waals surface area (Å²) < 4.78 is 0. The van der Waals surface area contributed by atoms with E-state index in [1.807, 2.05) is 37.3 Å². The number of nitrogens with one attached hydrogen (secondary N) is 2. The van der Waals surface area contributed by atoms with Crippen LogP contribution in [0.25, 0.3) is 0 Å². The molecule has 134 valence electrons. The molecular formula is C21H19N5O. The first-order valence-electron chi connectivity index (χ1n) is 8.51. The van der Waals surface area contributed by atoms with E-state index in [2.05, 4.69) is 26.7 Å². The van der Waals surface area contributed by atoms with Crippen molar-refractivity contribution in [3.05, 3.63) is 82.8 Å². The number of anilines is 2. The molecule has 0 saturated heterocycles. The second kappa shape index (κ2) is 8.11. The summed E-state index contributed by atoms with van der Waals surface area (Å²) in [6.07, 6.45) is 0. The van der Waals surface area contributed by atoms with E-state index >= 15 is 0 Å². The maximum Gasteiger partial charge on any atom is 0.270 e. The summed E-state index contributed by atoms with van der Waals surface area (Å²) in [6.45, 7) is 4.17. The highest BCUT2D eigenvalue weighted by molar-refractivity contribution is 5.93. The number of carbonyl (C=O) groups excluding carboxylic acids is 1. The van der Waals surface area contributed by atoms with Gasteiger partial charge in [-0.2, -0.15) is 5.26 Å². The maximum absolute atomic E-state index is 12.5. The van der Waals surface area contributed by atoms with E-state index in [1.165, 1.54) is 0 Å². The predicted molar refractivity (Wildman–Crippen MR) is 104 cm³/mol. The van der Waals surface area contributed by atoms with Crippen LogP contribution in [0.2, 0.25) is 0 Å². The topological polar surface area (TPSA) is 90.7 Å². The minimum Gasteiger partial charge on any atom is -0.347 e. The highest BCUT2D eigenvalue weighted by Gasteiger charge is 2.11. The summed E-state index contributed by atoms with van der Waals surface area (Å²) in [5, 5.41) is 15.0. The average molecular weight is 357 g/mol. The highest BCUT2D eigenvalue weighted by Crippen LogP contribution is 2.17. The first-order chi connectivity index (χ1) is 13.0. The predicted octanol–water partition coefficient (Wildman–Crippen LogP) is 3.64. The molecule has 0 spiro atoms. The Morgan fingerprint density at radius 2 is 1.89 bits per heavy atom. The Labute approximate surface area is 157 Å². The third-order valence-corrected chi connectivity index (χ3v) is 4.04. The van der Waals surface area contributed by atoms with Crippen LogP contribution in [-0.4, -0.2) is 15.9 Å². The van der Waals surface area contributed by atoms with Crippen LogP contribution in [0.4, 0.5) is 11.5 Å². The molecule has 27 heavy (non-hydrogen) atoms. The number of nitriles is 1. The molecule has 1 aromatic heterocycles. The van der Waals surface area contributed by atoms with Crippen molar-refractivity contribution in [3.8, 4) is 6.07 Å². The second-order valence-electron chi connectivity index (χ2n) is 6.11. The Morgan fingerprint density at radius 1 is 1.07 bits per heavy atom. The Morgan fingerprint density at radius 3 is 2.67 bits per heavy atom. The fraction of sp³-hybridized carbons (Fsp3) is 0.143. The first-order valence-corrected chi connectivity index (χ1v) is 8.51. The lowest BCUT2D eigenvalue weighted by atomic mass is 10.1. The van der Waals surface area contributed by atoms with Gasteiger partial charge in [-0.3, -0.25) is 4.79 Å². The third kappa shape index (κ3) is 4.67. The summed E-state index contributed by atoms with van der Waals surface area (Å²) >= 11 is 0. The summed E-state index contributed by atoms with van der Waals surface area (Å²) in [7, 11) is 0. The number of aryl methyl sites for hydroxylation is 2. The number of nitrogens with zero attached hydrogens (tertiary/aromatic N) is 3. The molecule has 3 rings (SSSR count). The van der Waals surface area contributed by atoms with Crippen LogP contribution in [0.15, 0.2) is 54.6 Å². The average Bonchev–Trinajstić information content (AvgIpc) is 2.67. The molecular weight excluding hydrogens is 338 g/mol. The number of hydrogen-bond acceptors (Lipinski definition) is 5. The molecule has 0 atom stereocenters. The molecule has 0 saturated carbocycles. The molecule has 0 bridgehead atoms. The summed E-state index contributed by atoms with van der Waals surface area (Å²) in [6, 6.07) is 18.6. The lowest BCUT2D eigenvalue weighted by Crippen LogP contribution is -2.24. The number of aromatic nitrogens is 2. The van der Waals surface area contributed by atoms with Gasteiger partial charge in [0.15, 0.2) is 0 Å². The summed E-state index contributed by atoms with van der Waals surface area (Å²) in [5.41, 5.74) is 3.73. The summed E-state index contributed by atoms with van der Waals surface area (Å²) in [5.74, 6) is 0.716. The van der Waals surface area contributed by atoms with Gasteiger partial charge >= 0.3 is 0 Å². The van der Waals surface area contributed by atoms with E-state index in [-0.39, 0.29) is 11.6 Å². The molecule has 0 aliphatic carbocycles. The van der Waals surface area contributed by atoms with E-state index in [9.17, 15) is 4.79 Å². The SMILES string of the molecule is Cc1nc(Nc2cccc(C#N)c2)cc(C(=O)NCc2ccccc2C)n1. The van der Waals surface area contributed by atoms with Crippen molar-refractivity contribution in [2.45, 2.75) is 20.4 Å². The fourth-order valence-electron chi connectivity index (χ4n) is 2.64. The normalized spacial score (nSPS) is 10.1. The van der Waals surface area contributed by atoms with Gasteiger partial charge in [-0.05, 0) is 43.2 Å². The van der Waals surface area contributed by atoms with Crippen molar-refractivity contribution in [3.63, 3.8) is 0 Å². The molecule has 0 radical (unpaired) electrons. The number of hydrogen-bond donors (Lipinski definition) is 2. The van der Waals surface area contributed by atoms with Gasteiger partial charge in [-0.15, -0.1) is 0 Å². The molecule has 6 nitrogen and oxygen atoms in total. The van der Waals surface area contributed by atoms with Crippen LogP contribution in [0, 0.1) is 25.2 Å². The van der Waals surface area contributed by atoms with Gasteiger partial charge in [-0.25, -0.2) is 9.97 Å². The molecule has 1 heterocycles. The van der Waals surface area contributed by atoms with Crippen LogP contribution in [-0.2, 0) is 6.54 Å². The van der Waals surface area contributed by atoms with Gasteiger partial charge in [0.25, 0.3) is 5.91 Å². The molecule has 0 unspecified atom stereocenters. The molecule has 6 heteroatoms. The van der Waals surface area contributed by atoms with Gasteiger partial charge < -0.3 is 10.6 Å². The molecule has 1 amide bonds. The monoisotopic (exact) mass is 357 g/mol. The van der Waals surface area contributed by atoms with Crippen LogP contribution >= 0.6 is 0 Å². The zero-order valence-corrected chi connectivity index (χ0v) is 15.2. The molecule has 0 aliphatic rings. The quantitative estimate of drug-likeness (QED) is 0.727. The van der Waals surface area contributed by atoms with Gasteiger partial charge in [-0.1, -0.05) is 30.3 Å². The van der Waals surface area contributed by atoms with Crippen LogP contribution in [0.5, 0.6) is 0 Å². The Balaban J connectivity index is 1.75. The van der Waals surface area contributed by atoms with Gasteiger partial charge in [0.1, 0.15) is 17.3 Å². The van der Waals surface area contributed by atoms with Crippen LogP contribution < -0.4 is 10.6 Å². The third-order valence-electron chi connectivity index (χ3n) is 4.04. The lowest BCUT2D eigenvalue weighted by Gasteiger charge is -2.10. The number of rotatable bonds is 5. The van der Waals surface area contributed by atoms with E-state index < -0.39 is 0 Å². The van der Waals surface area contributed by atoms with E-state index in [1.54, 1.807) is 31.2 Å². The fourth-order valence-corrected chi connectivity index (χ4v) is 2.64. The van der Waals surface area contributed by atoms with Crippen LogP contribution in [0.3, 0.4) is 0 Å². The minimum atomic E-state index is -0.266. The van der Waals surface area contributed by atoms with Crippen molar-refractivity contribution in [1.82, 2.24) is 15.3 Å². The number of carbonyl (C=O) groups is 1. The molecule has 2 N–H and O–H groups in total. The van der Waals surface area contributed by atoms with Crippen LogP contribution in [0.1, 0.15) is 33.0 Å². The molecule has 3 aromatic rings. The van der Waals surface area contributed by atoms with Crippen molar-refractivity contribution in [1.29, 1.82) is 5.26 Å². The zero-order chi connectivity index (χ0) is 19.2. The minimum absolute atomic E-state index is 0.266. The van der Waals surface area contributed by atoms with E-state index in [4.69, 9.17) is 5.26 Å². The van der Waals surface area contributed by atoms with Crippen molar-refractivity contribution >= 4 is 17.4 Å².